The van der Waals surface area contributed by atoms with E-state index in [2.05, 4.69) is 41.0 Å². The number of nitrogens with zero attached hydrogens (tertiary/aromatic N) is 3. The van der Waals surface area contributed by atoms with Crippen LogP contribution in [0.3, 0.4) is 0 Å². The normalized spacial score (nSPS) is 16.9. The van der Waals surface area contributed by atoms with Crippen molar-refractivity contribution < 1.29 is 4.74 Å². The molecular weight excluding hydrogens is 252 g/mol. The van der Waals surface area contributed by atoms with Crippen molar-refractivity contribution in [2.24, 2.45) is 0 Å². The fourth-order valence-electron chi connectivity index (χ4n) is 2.40. The Kier molecular flexibility index (Phi) is 5.73. The van der Waals surface area contributed by atoms with Crippen LogP contribution in [-0.4, -0.2) is 41.8 Å². The van der Waals surface area contributed by atoms with Crippen LogP contribution in [0.15, 0.2) is 12.4 Å². The van der Waals surface area contributed by atoms with E-state index in [4.69, 9.17) is 4.74 Å². The van der Waals surface area contributed by atoms with Crippen LogP contribution in [0.1, 0.15) is 39.3 Å². The van der Waals surface area contributed by atoms with Crippen LogP contribution in [0.25, 0.3) is 0 Å². The highest BCUT2D eigenvalue weighted by Crippen LogP contribution is 2.18. The molecular formula is C15H26N4O. The zero-order valence-electron chi connectivity index (χ0n) is 12.8. The lowest BCUT2D eigenvalue weighted by molar-refractivity contribution is 0.0458. The van der Waals surface area contributed by atoms with Crippen molar-refractivity contribution >= 4 is 5.82 Å². The predicted octanol–water partition coefficient (Wildman–Crippen LogP) is 1.98. The molecule has 0 spiro atoms. The highest BCUT2D eigenvalue weighted by Gasteiger charge is 2.20. The maximum atomic E-state index is 5.67. The van der Waals surface area contributed by atoms with Crippen molar-refractivity contribution in [2.75, 3.05) is 24.6 Å². The molecule has 1 fully saturated rings. The third-order valence-electron chi connectivity index (χ3n) is 3.55. The van der Waals surface area contributed by atoms with E-state index < -0.39 is 0 Å². The molecule has 1 N–H and O–H groups in total. The van der Waals surface area contributed by atoms with Gasteiger partial charge in [-0.1, -0.05) is 13.8 Å². The topological polar surface area (TPSA) is 50.3 Å². The van der Waals surface area contributed by atoms with Gasteiger partial charge in [-0.2, -0.15) is 0 Å². The lowest BCUT2D eigenvalue weighted by Gasteiger charge is -2.32. The molecule has 1 saturated heterocycles. The molecule has 20 heavy (non-hydrogen) atoms. The Hall–Kier alpha value is -1.20. The number of aromatic nitrogens is 2. The Morgan fingerprint density at radius 2 is 2.05 bits per heavy atom. The summed E-state index contributed by atoms with van der Waals surface area (Å²) in [5.74, 6) is 0.980. The molecule has 1 aliphatic heterocycles. The number of hydrogen-bond donors (Lipinski definition) is 1. The van der Waals surface area contributed by atoms with Crippen molar-refractivity contribution in [3.63, 3.8) is 0 Å². The van der Waals surface area contributed by atoms with Crippen molar-refractivity contribution in [2.45, 2.75) is 52.3 Å². The monoisotopic (exact) mass is 278 g/mol. The number of rotatable bonds is 6. The molecule has 1 aromatic rings. The molecule has 0 amide bonds. The Morgan fingerprint density at radius 3 is 2.60 bits per heavy atom. The highest BCUT2D eigenvalue weighted by molar-refractivity contribution is 5.36. The minimum atomic E-state index is 0.415. The van der Waals surface area contributed by atoms with E-state index in [0.29, 0.717) is 12.1 Å². The third-order valence-corrected chi connectivity index (χ3v) is 3.55. The van der Waals surface area contributed by atoms with Gasteiger partial charge < -0.3 is 15.0 Å². The number of nitrogens with one attached hydrogen (secondary N) is 1. The van der Waals surface area contributed by atoms with Gasteiger partial charge in [0.2, 0.25) is 0 Å². The SMILES string of the molecule is CCOC1CCN(c2cnc(CNC(C)C)cn2)CC1. The van der Waals surface area contributed by atoms with E-state index in [0.717, 1.165) is 50.6 Å². The van der Waals surface area contributed by atoms with E-state index in [1.807, 2.05) is 12.4 Å². The molecule has 0 saturated carbocycles. The first-order valence-electron chi connectivity index (χ1n) is 7.60. The molecule has 2 heterocycles. The Bertz CT molecular complexity index is 385. The molecule has 5 heteroatoms. The van der Waals surface area contributed by atoms with E-state index in [1.54, 1.807) is 0 Å². The summed E-state index contributed by atoms with van der Waals surface area (Å²) in [6.07, 6.45) is 6.33. The van der Waals surface area contributed by atoms with Crippen LogP contribution in [0.2, 0.25) is 0 Å². The van der Waals surface area contributed by atoms with E-state index in [9.17, 15) is 0 Å². The molecule has 2 rings (SSSR count). The summed E-state index contributed by atoms with van der Waals surface area (Å²) < 4.78 is 5.67. The van der Waals surface area contributed by atoms with Gasteiger partial charge in [-0.15, -0.1) is 0 Å². The Morgan fingerprint density at radius 1 is 1.30 bits per heavy atom. The van der Waals surface area contributed by atoms with Crippen molar-refractivity contribution in [3.8, 4) is 0 Å². The van der Waals surface area contributed by atoms with Gasteiger partial charge in [0.15, 0.2) is 0 Å². The number of hydrogen-bond acceptors (Lipinski definition) is 5. The first-order valence-corrected chi connectivity index (χ1v) is 7.60. The molecule has 5 nitrogen and oxygen atoms in total. The largest absolute Gasteiger partial charge is 0.378 e. The van der Waals surface area contributed by atoms with E-state index >= 15 is 0 Å². The molecule has 0 aromatic carbocycles. The van der Waals surface area contributed by atoms with Gasteiger partial charge in [0.05, 0.1) is 24.2 Å². The molecule has 0 aliphatic carbocycles. The molecule has 0 atom stereocenters. The second-order valence-corrected chi connectivity index (χ2v) is 5.54. The number of ether oxygens (including phenoxy) is 1. The van der Waals surface area contributed by atoms with Crippen molar-refractivity contribution in [1.82, 2.24) is 15.3 Å². The molecule has 0 bridgehead atoms. The molecule has 1 aliphatic rings. The average molecular weight is 278 g/mol. The highest BCUT2D eigenvalue weighted by atomic mass is 16.5. The van der Waals surface area contributed by atoms with Gasteiger partial charge in [-0.05, 0) is 19.8 Å². The minimum absolute atomic E-state index is 0.415. The first kappa shape index (κ1) is 15.2. The van der Waals surface area contributed by atoms with Gasteiger partial charge in [0, 0.05) is 32.3 Å². The molecule has 0 unspecified atom stereocenters. The number of piperidine rings is 1. The zero-order valence-corrected chi connectivity index (χ0v) is 12.8. The van der Waals surface area contributed by atoms with Gasteiger partial charge in [-0.3, -0.25) is 4.98 Å². The van der Waals surface area contributed by atoms with Gasteiger partial charge >= 0.3 is 0 Å². The summed E-state index contributed by atoms with van der Waals surface area (Å²) >= 11 is 0. The summed E-state index contributed by atoms with van der Waals surface area (Å²) in [6, 6.07) is 0.467. The second kappa shape index (κ2) is 7.55. The summed E-state index contributed by atoms with van der Waals surface area (Å²) in [5, 5.41) is 3.35. The van der Waals surface area contributed by atoms with Gasteiger partial charge in [0.1, 0.15) is 5.82 Å². The predicted molar refractivity (Wildman–Crippen MR) is 80.9 cm³/mol. The fourth-order valence-corrected chi connectivity index (χ4v) is 2.40. The van der Waals surface area contributed by atoms with E-state index in [1.165, 1.54) is 0 Å². The van der Waals surface area contributed by atoms with E-state index in [-0.39, 0.29) is 0 Å². The molecule has 0 radical (unpaired) electrons. The van der Waals surface area contributed by atoms with Crippen LogP contribution in [0.4, 0.5) is 5.82 Å². The fraction of sp³-hybridized carbons (Fsp3) is 0.733. The third kappa shape index (κ3) is 4.42. The zero-order chi connectivity index (χ0) is 14.4. The maximum absolute atomic E-state index is 5.67. The Labute approximate surface area is 121 Å². The van der Waals surface area contributed by atoms with Crippen LogP contribution in [0.5, 0.6) is 0 Å². The standard InChI is InChI=1S/C15H26N4O/c1-4-20-14-5-7-19(8-6-14)15-11-17-13(10-18-15)9-16-12(2)3/h10-12,14,16H,4-9H2,1-3H3. The summed E-state index contributed by atoms with van der Waals surface area (Å²) in [5.41, 5.74) is 0.992. The molecule has 112 valence electrons. The summed E-state index contributed by atoms with van der Waals surface area (Å²) in [7, 11) is 0. The first-order chi connectivity index (χ1) is 9.69. The van der Waals surface area contributed by atoms with Crippen LogP contribution in [0, 0.1) is 0 Å². The van der Waals surface area contributed by atoms with Crippen molar-refractivity contribution in [3.05, 3.63) is 18.1 Å². The van der Waals surface area contributed by atoms with Gasteiger partial charge in [-0.25, -0.2) is 4.98 Å². The smallest absolute Gasteiger partial charge is 0.147 e. The Balaban J connectivity index is 1.84. The summed E-state index contributed by atoms with van der Waals surface area (Å²) in [6.45, 7) is 9.90. The van der Waals surface area contributed by atoms with Gasteiger partial charge in [0.25, 0.3) is 0 Å². The van der Waals surface area contributed by atoms with Crippen LogP contribution < -0.4 is 10.2 Å². The average Bonchev–Trinajstić information content (AvgIpc) is 2.47. The quantitative estimate of drug-likeness (QED) is 0.862. The lowest BCUT2D eigenvalue weighted by atomic mass is 10.1. The minimum Gasteiger partial charge on any atom is -0.378 e. The maximum Gasteiger partial charge on any atom is 0.147 e. The van der Waals surface area contributed by atoms with Crippen LogP contribution >= 0.6 is 0 Å². The summed E-state index contributed by atoms with van der Waals surface area (Å²) in [4.78, 5) is 11.3. The molecule has 1 aromatic heterocycles. The van der Waals surface area contributed by atoms with Crippen LogP contribution in [-0.2, 0) is 11.3 Å². The lowest BCUT2D eigenvalue weighted by Crippen LogP contribution is -2.37. The van der Waals surface area contributed by atoms with Crippen molar-refractivity contribution in [1.29, 1.82) is 0 Å². The number of anilines is 1. The second-order valence-electron chi connectivity index (χ2n) is 5.54.